The summed E-state index contributed by atoms with van der Waals surface area (Å²) in [6.07, 6.45) is 2.37. The van der Waals surface area contributed by atoms with Crippen LogP contribution in [0, 0.1) is 10.1 Å². The molecule has 0 saturated carbocycles. The smallest absolute Gasteiger partial charge is 0.340 e. The Morgan fingerprint density at radius 2 is 2.15 bits per heavy atom. The molecule has 1 atom stereocenters. The number of benzene rings is 1. The lowest BCUT2D eigenvalue weighted by Gasteiger charge is -2.27. The lowest BCUT2D eigenvalue weighted by atomic mass is 10.1. The summed E-state index contributed by atoms with van der Waals surface area (Å²) in [5, 5.41) is 16.4. The van der Waals surface area contributed by atoms with Crippen molar-refractivity contribution in [3.8, 4) is 0 Å². The molecule has 1 N–H and O–H groups in total. The summed E-state index contributed by atoms with van der Waals surface area (Å²) in [5.74, 6) is -0.593. The molecule has 0 amide bonds. The molecule has 1 aliphatic heterocycles. The average Bonchev–Trinajstić information content (AvgIpc) is 3.35. The molecular weight excluding hydrogens is 354 g/mol. The summed E-state index contributed by atoms with van der Waals surface area (Å²) in [4.78, 5) is 26.2. The number of thiophene rings is 1. The number of non-ortho nitro benzene ring substituents is 1. The van der Waals surface area contributed by atoms with E-state index in [9.17, 15) is 14.9 Å². The minimum atomic E-state index is -0.593. The third-order valence-corrected chi connectivity index (χ3v) is 5.53. The predicted octanol–water partition coefficient (Wildman–Crippen LogP) is 3.69. The van der Waals surface area contributed by atoms with Crippen LogP contribution in [0.3, 0.4) is 0 Å². The fourth-order valence-electron chi connectivity index (χ4n) is 3.23. The molecule has 1 aromatic heterocycles. The molecule has 0 spiro atoms. The Morgan fingerprint density at radius 3 is 2.77 bits per heavy atom. The molecular formula is C18H21N3O4S. The highest BCUT2D eigenvalue weighted by molar-refractivity contribution is 7.10. The Labute approximate surface area is 155 Å². The van der Waals surface area contributed by atoms with Gasteiger partial charge >= 0.3 is 5.97 Å². The van der Waals surface area contributed by atoms with E-state index in [-0.39, 0.29) is 17.3 Å². The number of nitro benzene ring substituents is 1. The van der Waals surface area contributed by atoms with Crippen LogP contribution < -0.4 is 5.32 Å². The van der Waals surface area contributed by atoms with Gasteiger partial charge in [-0.25, -0.2) is 4.79 Å². The molecule has 1 saturated heterocycles. The number of ether oxygens (including phenoxy) is 1. The van der Waals surface area contributed by atoms with Gasteiger partial charge in [-0.1, -0.05) is 6.07 Å². The molecule has 0 bridgehead atoms. The number of esters is 1. The van der Waals surface area contributed by atoms with Gasteiger partial charge in [0, 0.05) is 29.2 Å². The number of likely N-dealkylation sites (tertiary alicyclic amines) is 1. The number of anilines is 1. The van der Waals surface area contributed by atoms with E-state index in [4.69, 9.17) is 4.74 Å². The van der Waals surface area contributed by atoms with Crippen LogP contribution >= 0.6 is 11.3 Å². The minimum Gasteiger partial charge on any atom is -0.465 e. The van der Waals surface area contributed by atoms with Gasteiger partial charge in [-0.3, -0.25) is 15.0 Å². The van der Waals surface area contributed by atoms with Crippen molar-refractivity contribution in [1.82, 2.24) is 4.90 Å². The third kappa shape index (κ3) is 4.03. The Balaban J connectivity index is 1.82. The molecule has 138 valence electrons. The van der Waals surface area contributed by atoms with Crippen LogP contribution in [0.1, 0.15) is 34.1 Å². The van der Waals surface area contributed by atoms with Gasteiger partial charge < -0.3 is 10.1 Å². The minimum absolute atomic E-state index is 0.134. The third-order valence-electron chi connectivity index (χ3n) is 4.56. The normalized spacial score (nSPS) is 15.6. The van der Waals surface area contributed by atoms with Crippen molar-refractivity contribution in [2.45, 2.75) is 18.9 Å². The largest absolute Gasteiger partial charge is 0.465 e. The van der Waals surface area contributed by atoms with Crippen LogP contribution in [-0.4, -0.2) is 42.5 Å². The average molecular weight is 375 g/mol. The Hall–Kier alpha value is -2.45. The first-order valence-corrected chi connectivity index (χ1v) is 9.36. The predicted molar refractivity (Wildman–Crippen MR) is 101 cm³/mol. The highest BCUT2D eigenvalue weighted by Crippen LogP contribution is 2.30. The Kier molecular flexibility index (Phi) is 5.85. The van der Waals surface area contributed by atoms with E-state index in [0.29, 0.717) is 12.2 Å². The first-order chi connectivity index (χ1) is 12.6. The first-order valence-electron chi connectivity index (χ1n) is 8.48. The van der Waals surface area contributed by atoms with Gasteiger partial charge in [-0.2, -0.15) is 0 Å². The second kappa shape index (κ2) is 8.29. The number of carbonyl (C=O) groups is 1. The van der Waals surface area contributed by atoms with Gasteiger partial charge in [0.1, 0.15) is 0 Å². The van der Waals surface area contributed by atoms with E-state index in [1.165, 1.54) is 37.0 Å². The zero-order chi connectivity index (χ0) is 18.5. The van der Waals surface area contributed by atoms with E-state index in [0.717, 1.165) is 13.1 Å². The maximum atomic E-state index is 12.0. The molecule has 1 aromatic carbocycles. The number of carbonyl (C=O) groups excluding carboxylic acids is 1. The summed E-state index contributed by atoms with van der Waals surface area (Å²) in [7, 11) is 1.27. The molecule has 2 heterocycles. The fraction of sp³-hybridized carbons (Fsp3) is 0.389. The van der Waals surface area contributed by atoms with Gasteiger partial charge in [0.15, 0.2) is 0 Å². The zero-order valence-corrected chi connectivity index (χ0v) is 15.3. The Morgan fingerprint density at radius 1 is 1.38 bits per heavy atom. The van der Waals surface area contributed by atoms with Crippen LogP contribution in [0.4, 0.5) is 11.4 Å². The van der Waals surface area contributed by atoms with Gasteiger partial charge in [0.2, 0.25) is 0 Å². The summed E-state index contributed by atoms with van der Waals surface area (Å²) in [6.45, 7) is 2.71. The number of hydrogen-bond donors (Lipinski definition) is 1. The standard InChI is InChI=1S/C18H21N3O4S/c1-25-18(22)14-11-13(21(23)24)6-7-15(14)19-12-16(17-5-4-10-26-17)20-8-2-3-9-20/h4-7,10-11,16,19H,2-3,8-9,12H2,1H3. The SMILES string of the molecule is COC(=O)c1cc([N+](=O)[O-])ccc1NCC(c1cccs1)N1CCCC1. The summed E-state index contributed by atoms with van der Waals surface area (Å²) in [5.41, 5.74) is 0.585. The number of nitrogens with one attached hydrogen (secondary N) is 1. The van der Waals surface area contributed by atoms with Crippen LogP contribution in [0.5, 0.6) is 0 Å². The van der Waals surface area contributed by atoms with Gasteiger partial charge in [-0.15, -0.1) is 11.3 Å². The quantitative estimate of drug-likeness (QED) is 0.451. The topological polar surface area (TPSA) is 84.7 Å². The van der Waals surface area contributed by atoms with Crippen LogP contribution in [0.15, 0.2) is 35.7 Å². The summed E-state index contributed by atoms with van der Waals surface area (Å²) >= 11 is 1.71. The van der Waals surface area contributed by atoms with Gasteiger partial charge in [0.05, 0.1) is 23.6 Å². The molecule has 3 rings (SSSR count). The first kappa shape index (κ1) is 18.3. The molecule has 7 nitrogen and oxygen atoms in total. The van der Waals surface area contributed by atoms with Crippen molar-refractivity contribution in [2.75, 3.05) is 32.1 Å². The van der Waals surface area contributed by atoms with Crippen molar-refractivity contribution in [1.29, 1.82) is 0 Å². The molecule has 26 heavy (non-hydrogen) atoms. The lowest BCUT2D eigenvalue weighted by Crippen LogP contribution is -2.30. The molecule has 1 aliphatic rings. The fourth-order valence-corrected chi connectivity index (χ4v) is 4.09. The van der Waals surface area contributed by atoms with Crippen molar-refractivity contribution in [3.63, 3.8) is 0 Å². The number of rotatable bonds is 7. The molecule has 0 aliphatic carbocycles. The van der Waals surface area contributed by atoms with Crippen molar-refractivity contribution in [2.24, 2.45) is 0 Å². The number of nitro groups is 1. The van der Waals surface area contributed by atoms with Crippen LogP contribution in [0.2, 0.25) is 0 Å². The lowest BCUT2D eigenvalue weighted by molar-refractivity contribution is -0.384. The highest BCUT2D eigenvalue weighted by Gasteiger charge is 2.25. The van der Waals surface area contributed by atoms with Crippen molar-refractivity contribution >= 4 is 28.7 Å². The van der Waals surface area contributed by atoms with Gasteiger partial charge in [0.25, 0.3) is 5.69 Å². The van der Waals surface area contributed by atoms with E-state index in [2.05, 4.69) is 21.7 Å². The van der Waals surface area contributed by atoms with Crippen LogP contribution in [-0.2, 0) is 4.74 Å². The number of nitrogens with zero attached hydrogens (tertiary/aromatic N) is 2. The monoisotopic (exact) mass is 375 g/mol. The second-order valence-electron chi connectivity index (χ2n) is 6.13. The second-order valence-corrected chi connectivity index (χ2v) is 7.11. The van der Waals surface area contributed by atoms with E-state index >= 15 is 0 Å². The molecule has 1 fully saturated rings. The maximum absolute atomic E-state index is 12.0. The highest BCUT2D eigenvalue weighted by atomic mass is 32.1. The molecule has 1 unspecified atom stereocenters. The van der Waals surface area contributed by atoms with E-state index in [1.54, 1.807) is 17.4 Å². The zero-order valence-electron chi connectivity index (χ0n) is 14.5. The molecule has 0 radical (unpaired) electrons. The van der Waals surface area contributed by atoms with E-state index in [1.807, 2.05) is 6.07 Å². The van der Waals surface area contributed by atoms with Gasteiger partial charge in [-0.05, 0) is 43.4 Å². The summed E-state index contributed by atoms with van der Waals surface area (Å²) in [6, 6.07) is 8.58. The van der Waals surface area contributed by atoms with E-state index < -0.39 is 10.9 Å². The summed E-state index contributed by atoms with van der Waals surface area (Å²) < 4.78 is 4.78. The molecule has 8 heteroatoms. The van der Waals surface area contributed by atoms with Crippen molar-refractivity contribution in [3.05, 3.63) is 56.3 Å². The molecule has 2 aromatic rings. The van der Waals surface area contributed by atoms with Crippen LogP contribution in [0.25, 0.3) is 0 Å². The Bertz CT molecular complexity index is 773. The van der Waals surface area contributed by atoms with Crippen molar-refractivity contribution < 1.29 is 14.5 Å². The maximum Gasteiger partial charge on any atom is 0.340 e. The number of hydrogen-bond acceptors (Lipinski definition) is 7. The number of methoxy groups -OCH3 is 1.